The van der Waals surface area contributed by atoms with Crippen LogP contribution in [0.25, 0.3) is 5.69 Å². The molecule has 0 bridgehead atoms. The Bertz CT molecular complexity index is 1160. The number of benzene rings is 2. The summed E-state index contributed by atoms with van der Waals surface area (Å²) in [6.45, 7) is 4.41. The van der Waals surface area contributed by atoms with Gasteiger partial charge in [-0.25, -0.2) is 13.4 Å². The van der Waals surface area contributed by atoms with Crippen LogP contribution in [0.4, 0.5) is 0 Å². The molecule has 1 aliphatic heterocycles. The van der Waals surface area contributed by atoms with Crippen molar-refractivity contribution in [3.8, 4) is 5.69 Å². The van der Waals surface area contributed by atoms with E-state index in [2.05, 4.69) is 10.3 Å². The molecular formula is C24H28N4O3S. The van der Waals surface area contributed by atoms with Gasteiger partial charge in [0, 0.05) is 36.2 Å². The fraction of sp³-hybridized carbons (Fsp3) is 0.333. The van der Waals surface area contributed by atoms with Crippen molar-refractivity contribution in [2.24, 2.45) is 0 Å². The quantitative estimate of drug-likeness (QED) is 0.614. The van der Waals surface area contributed by atoms with Gasteiger partial charge in [-0.2, -0.15) is 4.31 Å². The molecule has 1 aliphatic rings. The molecule has 1 aromatic heterocycles. The third-order valence-electron chi connectivity index (χ3n) is 6.01. The number of piperidine rings is 1. The second-order valence-electron chi connectivity index (χ2n) is 8.24. The Kier molecular flexibility index (Phi) is 6.43. The van der Waals surface area contributed by atoms with Gasteiger partial charge in [-0.1, -0.05) is 18.6 Å². The lowest BCUT2D eigenvalue weighted by atomic mass is 10.1. The van der Waals surface area contributed by atoms with Gasteiger partial charge in [0.15, 0.2) is 0 Å². The second kappa shape index (κ2) is 9.26. The molecule has 7 nitrogen and oxygen atoms in total. The normalized spacial score (nSPS) is 18.2. The van der Waals surface area contributed by atoms with E-state index in [1.165, 1.54) is 12.1 Å². The smallest absolute Gasteiger partial charge is 0.251 e. The molecule has 2 aromatic carbocycles. The van der Waals surface area contributed by atoms with Crippen molar-refractivity contribution in [1.82, 2.24) is 19.2 Å². The Morgan fingerprint density at radius 2 is 1.81 bits per heavy atom. The van der Waals surface area contributed by atoms with Crippen LogP contribution in [-0.2, 0) is 10.0 Å². The van der Waals surface area contributed by atoms with Gasteiger partial charge < -0.3 is 9.88 Å². The first-order chi connectivity index (χ1) is 15.4. The Morgan fingerprint density at radius 1 is 1.09 bits per heavy atom. The van der Waals surface area contributed by atoms with Crippen molar-refractivity contribution in [1.29, 1.82) is 0 Å². The molecule has 0 radical (unpaired) electrons. The summed E-state index contributed by atoms with van der Waals surface area (Å²) in [5.74, 6) is -0.244. The van der Waals surface area contributed by atoms with Gasteiger partial charge in [-0.05, 0) is 68.7 Å². The molecule has 0 aliphatic carbocycles. The Hall–Kier alpha value is -2.97. The maximum Gasteiger partial charge on any atom is 0.251 e. The Balaban J connectivity index is 1.42. The molecule has 0 saturated carbocycles. The Morgan fingerprint density at radius 3 is 2.44 bits per heavy atom. The van der Waals surface area contributed by atoms with Crippen LogP contribution in [0.5, 0.6) is 0 Å². The Labute approximate surface area is 189 Å². The second-order valence-corrected chi connectivity index (χ2v) is 10.1. The molecule has 1 N–H and O–H groups in total. The maximum atomic E-state index is 13.0. The summed E-state index contributed by atoms with van der Waals surface area (Å²) in [7, 11) is -3.55. The third-order valence-corrected chi connectivity index (χ3v) is 8.04. The van der Waals surface area contributed by atoms with Gasteiger partial charge in [0.25, 0.3) is 5.91 Å². The first-order valence-electron chi connectivity index (χ1n) is 10.9. The molecule has 32 heavy (non-hydrogen) atoms. The molecule has 4 rings (SSSR count). The number of carbonyl (C=O) groups is 1. The minimum absolute atomic E-state index is 0.00209. The van der Waals surface area contributed by atoms with E-state index in [1.807, 2.05) is 48.9 Å². The van der Waals surface area contributed by atoms with E-state index in [9.17, 15) is 13.2 Å². The average molecular weight is 453 g/mol. The predicted octanol–water partition coefficient (Wildman–Crippen LogP) is 3.93. The molecule has 3 aromatic rings. The summed E-state index contributed by atoms with van der Waals surface area (Å²) in [6, 6.07) is 13.9. The van der Waals surface area contributed by atoms with E-state index in [0.29, 0.717) is 12.1 Å². The molecular weight excluding hydrogens is 424 g/mol. The van der Waals surface area contributed by atoms with Crippen molar-refractivity contribution in [2.45, 2.75) is 50.1 Å². The van der Waals surface area contributed by atoms with Crippen LogP contribution < -0.4 is 5.32 Å². The van der Waals surface area contributed by atoms with Crippen LogP contribution >= 0.6 is 0 Å². The fourth-order valence-electron chi connectivity index (χ4n) is 4.05. The summed E-state index contributed by atoms with van der Waals surface area (Å²) in [5, 5.41) is 2.98. The van der Waals surface area contributed by atoms with Crippen molar-refractivity contribution in [3.63, 3.8) is 0 Å². The SMILES string of the molecule is C[C@H](NC(=O)c1ccc(S(=O)(=O)N2CCCC[C@@H]2C)cc1)c1ccc(-n2ccnc2)cc1. The molecule has 168 valence electrons. The lowest BCUT2D eigenvalue weighted by Gasteiger charge is -2.32. The molecule has 1 amide bonds. The van der Waals surface area contributed by atoms with E-state index in [0.717, 1.165) is 30.5 Å². The van der Waals surface area contributed by atoms with Crippen LogP contribution in [0.3, 0.4) is 0 Å². The summed E-state index contributed by atoms with van der Waals surface area (Å²) in [4.78, 5) is 17.0. The predicted molar refractivity (Wildman–Crippen MR) is 123 cm³/mol. The van der Waals surface area contributed by atoms with Crippen LogP contribution in [-0.4, -0.2) is 40.8 Å². The number of amides is 1. The van der Waals surface area contributed by atoms with Crippen LogP contribution in [0, 0.1) is 0 Å². The average Bonchev–Trinajstić information content (AvgIpc) is 3.34. The van der Waals surface area contributed by atoms with Gasteiger partial charge in [0.1, 0.15) is 0 Å². The molecule has 0 spiro atoms. The molecule has 0 unspecified atom stereocenters. The number of carbonyl (C=O) groups excluding carboxylic acids is 1. The van der Waals surface area contributed by atoms with Gasteiger partial charge in [-0.3, -0.25) is 4.79 Å². The first-order valence-corrected chi connectivity index (χ1v) is 12.3. The van der Waals surface area contributed by atoms with E-state index in [-0.39, 0.29) is 22.9 Å². The highest BCUT2D eigenvalue weighted by molar-refractivity contribution is 7.89. The number of hydrogen-bond donors (Lipinski definition) is 1. The van der Waals surface area contributed by atoms with Crippen LogP contribution in [0.15, 0.2) is 72.1 Å². The molecule has 1 fully saturated rings. The highest BCUT2D eigenvalue weighted by Crippen LogP contribution is 2.25. The van der Waals surface area contributed by atoms with E-state index >= 15 is 0 Å². The number of imidazole rings is 1. The van der Waals surface area contributed by atoms with Crippen molar-refractivity contribution >= 4 is 15.9 Å². The summed E-state index contributed by atoms with van der Waals surface area (Å²) in [5.41, 5.74) is 2.39. The number of nitrogens with one attached hydrogen (secondary N) is 1. The monoisotopic (exact) mass is 452 g/mol. The molecule has 1 saturated heterocycles. The highest BCUT2D eigenvalue weighted by Gasteiger charge is 2.30. The molecule has 2 heterocycles. The van der Waals surface area contributed by atoms with E-state index in [4.69, 9.17) is 0 Å². The number of sulfonamides is 1. The number of aromatic nitrogens is 2. The summed E-state index contributed by atoms with van der Waals surface area (Å²) in [6.07, 6.45) is 8.13. The number of rotatable bonds is 6. The highest BCUT2D eigenvalue weighted by atomic mass is 32.2. The van der Waals surface area contributed by atoms with Crippen molar-refractivity contribution < 1.29 is 13.2 Å². The maximum absolute atomic E-state index is 13.0. The van der Waals surface area contributed by atoms with Crippen molar-refractivity contribution in [3.05, 3.63) is 78.4 Å². The standard InChI is InChI=1S/C24H28N4O3S/c1-18-5-3-4-15-28(18)32(30,31)23-12-8-21(9-13-23)24(29)26-19(2)20-6-10-22(11-7-20)27-16-14-25-17-27/h6-14,16-19H,3-5,15H2,1-2H3,(H,26,29)/t18-,19-/m0/s1. The first kappa shape index (κ1) is 22.2. The zero-order chi connectivity index (χ0) is 22.7. The van der Waals surface area contributed by atoms with E-state index < -0.39 is 10.0 Å². The molecule has 8 heteroatoms. The van der Waals surface area contributed by atoms with E-state index in [1.54, 1.807) is 29.0 Å². The third kappa shape index (κ3) is 4.61. The topological polar surface area (TPSA) is 84.3 Å². The van der Waals surface area contributed by atoms with Gasteiger partial charge >= 0.3 is 0 Å². The van der Waals surface area contributed by atoms with Gasteiger partial charge in [-0.15, -0.1) is 0 Å². The number of hydrogen-bond acceptors (Lipinski definition) is 4. The minimum Gasteiger partial charge on any atom is -0.346 e. The van der Waals surface area contributed by atoms with Crippen molar-refractivity contribution in [2.75, 3.05) is 6.54 Å². The fourth-order valence-corrected chi connectivity index (χ4v) is 5.75. The summed E-state index contributed by atoms with van der Waals surface area (Å²) < 4.78 is 29.4. The molecule has 2 atom stereocenters. The zero-order valence-electron chi connectivity index (χ0n) is 18.3. The van der Waals surface area contributed by atoms with Crippen LogP contribution in [0.2, 0.25) is 0 Å². The summed E-state index contributed by atoms with van der Waals surface area (Å²) >= 11 is 0. The van der Waals surface area contributed by atoms with Gasteiger partial charge in [0.05, 0.1) is 17.3 Å². The van der Waals surface area contributed by atoms with Gasteiger partial charge in [0.2, 0.25) is 10.0 Å². The van der Waals surface area contributed by atoms with Crippen LogP contribution in [0.1, 0.15) is 55.1 Å². The largest absolute Gasteiger partial charge is 0.346 e. The lowest BCUT2D eigenvalue weighted by molar-refractivity contribution is 0.0939. The zero-order valence-corrected chi connectivity index (χ0v) is 19.1. The minimum atomic E-state index is -3.55. The number of nitrogens with zero attached hydrogens (tertiary/aromatic N) is 3. The lowest BCUT2D eigenvalue weighted by Crippen LogP contribution is -2.41.